The van der Waals surface area contributed by atoms with E-state index in [9.17, 15) is 19.1 Å². The number of carbonyl (C=O) groups is 2. The quantitative estimate of drug-likeness (QED) is 0.355. The van der Waals surface area contributed by atoms with Gasteiger partial charge in [0, 0.05) is 5.56 Å². The van der Waals surface area contributed by atoms with Gasteiger partial charge < -0.3 is 25.6 Å². The second kappa shape index (κ2) is 10.2. The Labute approximate surface area is 191 Å². The number of benzene rings is 2. The highest BCUT2D eigenvalue weighted by Gasteiger charge is 2.21. The van der Waals surface area contributed by atoms with Gasteiger partial charge in [0.2, 0.25) is 11.9 Å². The second-order valence-corrected chi connectivity index (χ2v) is 7.14. The van der Waals surface area contributed by atoms with Gasteiger partial charge >= 0.3 is 5.97 Å². The van der Waals surface area contributed by atoms with Crippen LogP contribution >= 0.6 is 23.2 Å². The average molecular weight is 480 g/mol. The van der Waals surface area contributed by atoms with Crippen molar-refractivity contribution in [3.63, 3.8) is 0 Å². The predicted molar refractivity (Wildman–Crippen MR) is 117 cm³/mol. The van der Waals surface area contributed by atoms with E-state index in [2.05, 4.69) is 15.6 Å². The molecule has 32 heavy (non-hydrogen) atoms. The molecule has 0 radical (unpaired) electrons. The van der Waals surface area contributed by atoms with Gasteiger partial charge in [0.1, 0.15) is 28.1 Å². The summed E-state index contributed by atoms with van der Waals surface area (Å²) in [6, 6.07) is 13.4. The maximum Gasteiger partial charge on any atom is 0.322 e. The van der Waals surface area contributed by atoms with Crippen molar-refractivity contribution in [2.75, 3.05) is 18.4 Å². The molecular formula is C21H16Cl2FN3O5. The fourth-order valence-electron chi connectivity index (χ4n) is 2.65. The highest BCUT2D eigenvalue weighted by molar-refractivity contribution is 6.38. The van der Waals surface area contributed by atoms with Crippen molar-refractivity contribution < 1.29 is 28.9 Å². The molecule has 11 heteroatoms. The lowest BCUT2D eigenvalue weighted by atomic mass is 10.0. The van der Waals surface area contributed by atoms with Gasteiger partial charge in [-0.3, -0.25) is 9.59 Å². The molecule has 2 aromatic carbocycles. The molecule has 4 N–H and O–H groups in total. The van der Waals surface area contributed by atoms with Crippen molar-refractivity contribution in [1.82, 2.24) is 10.3 Å². The van der Waals surface area contributed by atoms with E-state index in [0.29, 0.717) is 5.56 Å². The minimum atomic E-state index is -1.22. The number of amides is 1. The summed E-state index contributed by atoms with van der Waals surface area (Å²) in [5.41, 5.74) is 1.20. The number of ether oxygens (including phenoxy) is 1. The minimum absolute atomic E-state index is 0.0105. The highest BCUT2D eigenvalue weighted by atomic mass is 35.5. The van der Waals surface area contributed by atoms with E-state index >= 15 is 0 Å². The van der Waals surface area contributed by atoms with Crippen LogP contribution in [-0.2, 0) is 9.59 Å². The molecule has 0 spiro atoms. The number of phenols is 1. The number of carboxylic acids is 1. The third-order valence-electron chi connectivity index (χ3n) is 4.12. The maximum atomic E-state index is 14.3. The Balaban J connectivity index is 1.85. The highest BCUT2D eigenvalue weighted by Crippen LogP contribution is 2.42. The third kappa shape index (κ3) is 5.57. The minimum Gasteiger partial charge on any atom is -0.507 e. The van der Waals surface area contributed by atoms with Crippen LogP contribution in [0, 0.1) is 5.95 Å². The van der Waals surface area contributed by atoms with E-state index in [4.69, 9.17) is 33.0 Å². The molecule has 0 bridgehead atoms. The molecule has 1 heterocycles. The first-order valence-electron chi connectivity index (χ1n) is 9.09. The van der Waals surface area contributed by atoms with E-state index in [1.807, 2.05) is 6.07 Å². The topological polar surface area (TPSA) is 121 Å². The molecule has 0 saturated carbocycles. The monoisotopic (exact) mass is 479 g/mol. The van der Waals surface area contributed by atoms with Crippen molar-refractivity contribution in [3.8, 4) is 28.4 Å². The van der Waals surface area contributed by atoms with Crippen LogP contribution in [0.1, 0.15) is 0 Å². The molecule has 0 saturated heterocycles. The van der Waals surface area contributed by atoms with Crippen LogP contribution < -0.4 is 15.4 Å². The van der Waals surface area contributed by atoms with E-state index in [0.717, 1.165) is 5.56 Å². The number of carbonyl (C=O) groups excluding carboxylic acids is 1. The number of nitrogens with one attached hydrogen (secondary N) is 2. The van der Waals surface area contributed by atoms with Gasteiger partial charge in [-0.1, -0.05) is 53.5 Å². The Morgan fingerprint density at radius 1 is 1.06 bits per heavy atom. The van der Waals surface area contributed by atoms with E-state index in [1.165, 1.54) is 18.2 Å². The van der Waals surface area contributed by atoms with Crippen LogP contribution in [0.2, 0.25) is 10.0 Å². The van der Waals surface area contributed by atoms with Crippen molar-refractivity contribution >= 4 is 40.9 Å². The summed E-state index contributed by atoms with van der Waals surface area (Å²) in [4.78, 5) is 25.7. The number of hydrogen-bond acceptors (Lipinski definition) is 6. The summed E-state index contributed by atoms with van der Waals surface area (Å²) in [6.45, 7) is -0.993. The molecule has 0 unspecified atom stereocenters. The molecule has 3 rings (SSSR count). The van der Waals surface area contributed by atoms with Gasteiger partial charge in [0.15, 0.2) is 11.6 Å². The molecule has 0 aliphatic rings. The molecule has 0 aliphatic carbocycles. The molecular weight excluding hydrogens is 464 g/mol. The summed E-state index contributed by atoms with van der Waals surface area (Å²) in [5, 5.41) is 22.7. The number of phenolic OH excluding ortho intramolecular Hbond substituents is 1. The molecule has 1 aromatic heterocycles. The summed E-state index contributed by atoms with van der Waals surface area (Å²) in [7, 11) is 0. The van der Waals surface area contributed by atoms with Gasteiger partial charge in [0.05, 0.1) is 6.54 Å². The Bertz CT molecular complexity index is 1160. The van der Waals surface area contributed by atoms with Crippen molar-refractivity contribution in [2.24, 2.45) is 0 Å². The summed E-state index contributed by atoms with van der Waals surface area (Å²) >= 11 is 12.2. The Kier molecular flexibility index (Phi) is 7.34. The van der Waals surface area contributed by atoms with Crippen LogP contribution in [-0.4, -0.2) is 40.2 Å². The standard InChI is InChI=1S/C21H16Cl2FN3O5/c22-17-19(18(23)21(27-20(17)24)26-9-15(29)25-10-16(30)31)32-12-6-7-14(28)13(8-12)11-4-2-1-3-5-11/h1-8,28H,9-10H2,(H,25,29)(H,26,27)(H,30,31). The zero-order chi connectivity index (χ0) is 23.3. The fraction of sp³-hybridized carbons (Fsp3) is 0.0952. The van der Waals surface area contributed by atoms with Crippen LogP contribution in [0.3, 0.4) is 0 Å². The first kappa shape index (κ1) is 23.1. The predicted octanol–water partition coefficient (Wildman–Crippen LogP) is 4.31. The number of aromatic nitrogens is 1. The summed E-state index contributed by atoms with van der Waals surface area (Å²) in [6.07, 6.45) is 0. The summed E-state index contributed by atoms with van der Waals surface area (Å²) in [5.74, 6) is -3.24. The molecule has 0 fully saturated rings. The number of pyridine rings is 1. The van der Waals surface area contributed by atoms with Gasteiger partial charge in [-0.25, -0.2) is 0 Å². The van der Waals surface area contributed by atoms with Crippen LogP contribution in [0.15, 0.2) is 48.5 Å². The van der Waals surface area contributed by atoms with Crippen LogP contribution in [0.5, 0.6) is 17.2 Å². The Morgan fingerprint density at radius 3 is 2.47 bits per heavy atom. The molecule has 0 aliphatic heterocycles. The lowest BCUT2D eigenvalue weighted by Crippen LogP contribution is -2.34. The normalized spacial score (nSPS) is 10.5. The first-order valence-corrected chi connectivity index (χ1v) is 9.85. The van der Waals surface area contributed by atoms with Gasteiger partial charge in [0.25, 0.3) is 0 Å². The number of rotatable bonds is 8. The number of aliphatic carboxylic acids is 1. The van der Waals surface area contributed by atoms with Crippen molar-refractivity contribution in [1.29, 1.82) is 0 Å². The number of hydrogen-bond donors (Lipinski definition) is 4. The molecule has 3 aromatic rings. The Morgan fingerprint density at radius 2 is 1.78 bits per heavy atom. The molecule has 166 valence electrons. The largest absolute Gasteiger partial charge is 0.507 e. The average Bonchev–Trinajstić information content (AvgIpc) is 2.78. The van der Waals surface area contributed by atoms with E-state index in [1.54, 1.807) is 24.3 Å². The smallest absolute Gasteiger partial charge is 0.322 e. The van der Waals surface area contributed by atoms with E-state index < -0.39 is 35.9 Å². The lowest BCUT2D eigenvalue weighted by Gasteiger charge is -2.15. The second-order valence-electron chi connectivity index (χ2n) is 6.38. The number of halogens is 3. The molecule has 0 atom stereocenters. The third-order valence-corrected chi connectivity index (χ3v) is 4.80. The number of carboxylic acid groups (broad SMARTS) is 1. The number of aromatic hydroxyl groups is 1. The van der Waals surface area contributed by atoms with Gasteiger partial charge in [-0.05, 0) is 23.8 Å². The van der Waals surface area contributed by atoms with Crippen molar-refractivity contribution in [3.05, 3.63) is 64.5 Å². The van der Waals surface area contributed by atoms with Crippen molar-refractivity contribution in [2.45, 2.75) is 0 Å². The lowest BCUT2D eigenvalue weighted by molar-refractivity contribution is -0.137. The SMILES string of the molecule is O=C(O)CNC(=O)CNc1nc(F)c(Cl)c(Oc2ccc(O)c(-c3ccccc3)c2)c1Cl. The van der Waals surface area contributed by atoms with E-state index in [-0.39, 0.29) is 28.1 Å². The zero-order valence-corrected chi connectivity index (χ0v) is 17.7. The zero-order valence-electron chi connectivity index (χ0n) is 16.2. The summed E-state index contributed by atoms with van der Waals surface area (Å²) < 4.78 is 20.0. The first-order chi connectivity index (χ1) is 15.3. The molecule has 1 amide bonds. The maximum absolute atomic E-state index is 14.3. The number of nitrogens with zero attached hydrogens (tertiary/aromatic N) is 1. The van der Waals surface area contributed by atoms with Crippen LogP contribution in [0.4, 0.5) is 10.2 Å². The Hall–Kier alpha value is -3.56. The van der Waals surface area contributed by atoms with Gasteiger partial charge in [-0.15, -0.1) is 0 Å². The molecule has 8 nitrogen and oxygen atoms in total. The van der Waals surface area contributed by atoms with Crippen LogP contribution in [0.25, 0.3) is 11.1 Å². The van der Waals surface area contributed by atoms with Gasteiger partial charge in [-0.2, -0.15) is 9.37 Å². The fourth-order valence-corrected chi connectivity index (χ4v) is 3.11. The number of anilines is 1.